The molecule has 1 N–H and O–H groups in total. The third-order valence-electron chi connectivity index (χ3n) is 3.44. The number of likely N-dealkylation sites (tertiary alicyclic amines) is 1. The summed E-state index contributed by atoms with van der Waals surface area (Å²) >= 11 is 1.09. The molecule has 3 rings (SSSR count). The van der Waals surface area contributed by atoms with Crippen LogP contribution < -0.4 is 5.32 Å². The van der Waals surface area contributed by atoms with E-state index in [0.29, 0.717) is 10.6 Å². The first-order valence-electron chi connectivity index (χ1n) is 6.92. The molecule has 2 amide bonds. The highest BCUT2D eigenvalue weighted by Gasteiger charge is 2.40. The van der Waals surface area contributed by atoms with Gasteiger partial charge >= 0.3 is 6.03 Å². The van der Waals surface area contributed by atoms with E-state index in [1.165, 1.54) is 6.07 Å². The highest BCUT2D eigenvalue weighted by Crippen LogP contribution is 2.27. The van der Waals surface area contributed by atoms with Crippen molar-refractivity contribution in [3.63, 3.8) is 0 Å². The largest absolute Gasteiger partial charge is 0.323 e. The minimum atomic E-state index is -2.84. The highest BCUT2D eigenvalue weighted by molar-refractivity contribution is 7.15. The normalized spacial score (nSPS) is 16.6. The molecule has 0 unspecified atom stereocenters. The number of amides is 2. The Morgan fingerprint density at radius 2 is 2.13 bits per heavy atom. The van der Waals surface area contributed by atoms with Gasteiger partial charge in [0.1, 0.15) is 10.8 Å². The van der Waals surface area contributed by atoms with Gasteiger partial charge in [0.05, 0.1) is 6.54 Å². The Labute approximate surface area is 134 Å². The molecule has 0 radical (unpaired) electrons. The van der Waals surface area contributed by atoms with E-state index < -0.39 is 18.5 Å². The predicted molar refractivity (Wildman–Crippen MR) is 79.3 cm³/mol. The molecule has 0 spiro atoms. The van der Waals surface area contributed by atoms with Crippen LogP contribution in [0, 0.1) is 5.82 Å². The lowest BCUT2D eigenvalue weighted by Gasteiger charge is -2.15. The summed E-state index contributed by atoms with van der Waals surface area (Å²) in [5.74, 6) is -3.18. The number of carbonyl (C=O) groups is 1. The van der Waals surface area contributed by atoms with Crippen LogP contribution >= 0.6 is 11.3 Å². The number of nitrogens with one attached hydrogen (secondary N) is 1. The van der Waals surface area contributed by atoms with E-state index in [-0.39, 0.29) is 30.3 Å². The number of anilines is 1. The molecule has 1 aliphatic rings. The number of carbonyl (C=O) groups excluding carboxylic acids is 1. The molecule has 1 aromatic heterocycles. The zero-order chi connectivity index (χ0) is 16.4. The SMILES string of the molecule is O=C(Nc1nnc(Cc2ccccc2F)s1)N1CCC(F)(F)C1. The molecule has 122 valence electrons. The van der Waals surface area contributed by atoms with Crippen LogP contribution in [-0.2, 0) is 6.42 Å². The number of rotatable bonds is 3. The maximum atomic E-state index is 13.6. The zero-order valence-corrected chi connectivity index (χ0v) is 12.7. The van der Waals surface area contributed by atoms with Crippen LogP contribution in [0.4, 0.5) is 23.1 Å². The van der Waals surface area contributed by atoms with Gasteiger partial charge in [-0.15, -0.1) is 10.2 Å². The molecule has 0 atom stereocenters. The third-order valence-corrected chi connectivity index (χ3v) is 4.28. The molecule has 2 heterocycles. The van der Waals surface area contributed by atoms with Crippen molar-refractivity contribution < 1.29 is 18.0 Å². The Kier molecular flexibility index (Phi) is 4.20. The van der Waals surface area contributed by atoms with E-state index in [1.54, 1.807) is 18.2 Å². The minimum absolute atomic E-state index is 0.000277. The lowest BCUT2D eigenvalue weighted by atomic mass is 10.1. The molecule has 1 saturated heterocycles. The first-order valence-corrected chi connectivity index (χ1v) is 7.74. The van der Waals surface area contributed by atoms with Crippen LogP contribution in [0.5, 0.6) is 0 Å². The molecule has 9 heteroatoms. The van der Waals surface area contributed by atoms with Gasteiger partial charge in [0.15, 0.2) is 0 Å². The lowest BCUT2D eigenvalue weighted by Crippen LogP contribution is -2.34. The van der Waals surface area contributed by atoms with Gasteiger partial charge in [0.25, 0.3) is 5.92 Å². The van der Waals surface area contributed by atoms with Crippen molar-refractivity contribution in [2.75, 3.05) is 18.4 Å². The van der Waals surface area contributed by atoms with Gasteiger partial charge in [-0.25, -0.2) is 18.0 Å². The standard InChI is InChI=1S/C14H13F3N4OS/c15-10-4-2-1-3-9(10)7-11-19-20-12(23-11)18-13(22)21-6-5-14(16,17)8-21/h1-4H,5-8H2,(H,18,20,22). The number of nitrogens with zero attached hydrogens (tertiary/aromatic N) is 3. The van der Waals surface area contributed by atoms with Crippen LogP contribution in [0.25, 0.3) is 0 Å². The maximum Gasteiger partial charge on any atom is 0.323 e. The summed E-state index contributed by atoms with van der Waals surface area (Å²) in [4.78, 5) is 12.9. The van der Waals surface area contributed by atoms with Gasteiger partial charge < -0.3 is 4.90 Å². The van der Waals surface area contributed by atoms with Crippen LogP contribution in [0.2, 0.25) is 0 Å². The van der Waals surface area contributed by atoms with Crippen molar-refractivity contribution in [1.29, 1.82) is 0 Å². The molecule has 5 nitrogen and oxygen atoms in total. The summed E-state index contributed by atoms with van der Waals surface area (Å²) in [5.41, 5.74) is 0.473. The topological polar surface area (TPSA) is 58.1 Å². The number of hydrogen-bond donors (Lipinski definition) is 1. The van der Waals surface area contributed by atoms with E-state index in [2.05, 4.69) is 15.5 Å². The van der Waals surface area contributed by atoms with Crippen LogP contribution in [0.1, 0.15) is 17.0 Å². The number of hydrogen-bond acceptors (Lipinski definition) is 4. The Hall–Kier alpha value is -2.16. The minimum Gasteiger partial charge on any atom is -0.318 e. The van der Waals surface area contributed by atoms with E-state index >= 15 is 0 Å². The first-order chi connectivity index (χ1) is 10.9. The van der Waals surface area contributed by atoms with Crippen LogP contribution in [0.15, 0.2) is 24.3 Å². The Bertz CT molecular complexity index is 722. The quantitative estimate of drug-likeness (QED) is 0.932. The van der Waals surface area contributed by atoms with Gasteiger partial charge in [0.2, 0.25) is 5.13 Å². The Balaban J connectivity index is 1.61. The highest BCUT2D eigenvalue weighted by atomic mass is 32.1. The molecule has 1 aliphatic heterocycles. The van der Waals surface area contributed by atoms with Gasteiger partial charge in [-0.1, -0.05) is 29.5 Å². The van der Waals surface area contributed by atoms with Crippen molar-refractivity contribution in [3.8, 4) is 0 Å². The smallest absolute Gasteiger partial charge is 0.318 e. The van der Waals surface area contributed by atoms with Crippen LogP contribution in [0.3, 0.4) is 0 Å². The fourth-order valence-corrected chi connectivity index (χ4v) is 3.01. The molecule has 0 saturated carbocycles. The molecular weight excluding hydrogens is 329 g/mol. The lowest BCUT2D eigenvalue weighted by molar-refractivity contribution is 0.0159. The predicted octanol–water partition coefficient (Wildman–Crippen LogP) is 3.14. The van der Waals surface area contributed by atoms with Crippen molar-refractivity contribution >= 4 is 22.5 Å². The fourth-order valence-electron chi connectivity index (χ4n) is 2.26. The summed E-state index contributed by atoms with van der Waals surface area (Å²) < 4.78 is 39.8. The molecule has 2 aromatic rings. The molecular formula is C14H13F3N4OS. The van der Waals surface area contributed by atoms with Crippen molar-refractivity contribution in [3.05, 3.63) is 40.7 Å². The summed E-state index contributed by atoms with van der Waals surface area (Å²) in [5, 5.41) is 10.8. The van der Waals surface area contributed by atoms with Gasteiger partial charge in [-0.2, -0.15) is 0 Å². The summed E-state index contributed by atoms with van der Waals surface area (Å²) in [6.07, 6.45) is -0.0862. The number of alkyl halides is 2. The van der Waals surface area contributed by atoms with Gasteiger partial charge in [-0.05, 0) is 11.6 Å². The molecule has 0 bridgehead atoms. The van der Waals surface area contributed by atoms with E-state index in [9.17, 15) is 18.0 Å². The molecule has 1 fully saturated rings. The summed E-state index contributed by atoms with van der Waals surface area (Å²) in [7, 11) is 0. The second-order valence-corrected chi connectivity index (χ2v) is 6.29. The number of benzene rings is 1. The number of aromatic nitrogens is 2. The van der Waals surface area contributed by atoms with E-state index in [0.717, 1.165) is 16.2 Å². The Morgan fingerprint density at radius 1 is 1.35 bits per heavy atom. The van der Waals surface area contributed by atoms with E-state index in [4.69, 9.17) is 0 Å². The van der Waals surface area contributed by atoms with Crippen molar-refractivity contribution in [1.82, 2.24) is 15.1 Å². The van der Waals surface area contributed by atoms with Gasteiger partial charge in [-0.3, -0.25) is 5.32 Å². The second kappa shape index (κ2) is 6.15. The monoisotopic (exact) mass is 342 g/mol. The van der Waals surface area contributed by atoms with Crippen molar-refractivity contribution in [2.45, 2.75) is 18.8 Å². The average molecular weight is 342 g/mol. The van der Waals surface area contributed by atoms with Crippen LogP contribution in [-0.4, -0.2) is 40.1 Å². The maximum absolute atomic E-state index is 13.6. The third kappa shape index (κ3) is 3.79. The van der Waals surface area contributed by atoms with Crippen molar-refractivity contribution in [2.24, 2.45) is 0 Å². The summed E-state index contributed by atoms with van der Waals surface area (Å²) in [6, 6.07) is 5.68. The average Bonchev–Trinajstić information content (AvgIpc) is 3.08. The first kappa shape index (κ1) is 15.7. The second-order valence-electron chi connectivity index (χ2n) is 5.23. The summed E-state index contributed by atoms with van der Waals surface area (Å²) in [6.45, 7) is -0.598. The number of urea groups is 1. The molecule has 23 heavy (non-hydrogen) atoms. The Morgan fingerprint density at radius 3 is 2.83 bits per heavy atom. The number of halogens is 3. The fraction of sp³-hybridized carbons (Fsp3) is 0.357. The zero-order valence-electron chi connectivity index (χ0n) is 11.9. The molecule has 0 aliphatic carbocycles. The molecule has 1 aromatic carbocycles. The van der Waals surface area contributed by atoms with Gasteiger partial charge in [0, 0.05) is 19.4 Å². The van der Waals surface area contributed by atoms with E-state index in [1.807, 2.05) is 0 Å².